The van der Waals surface area contributed by atoms with E-state index in [0.717, 1.165) is 5.69 Å². The van der Waals surface area contributed by atoms with Crippen molar-refractivity contribution in [3.8, 4) is 0 Å². The average Bonchev–Trinajstić information content (AvgIpc) is 2.49. The molecule has 0 aliphatic carbocycles. The first-order valence-corrected chi connectivity index (χ1v) is 6.65. The molecule has 0 aromatic heterocycles. The molecule has 0 radical (unpaired) electrons. The zero-order chi connectivity index (χ0) is 14.7. The van der Waals surface area contributed by atoms with Crippen molar-refractivity contribution >= 4 is 34.8 Å². The molecular weight excluding hydrogens is 284 g/mol. The predicted molar refractivity (Wildman–Crippen MR) is 83.9 cm³/mol. The number of carbonyl (C=O) groups excluding carboxylic acids is 1. The Morgan fingerprint density at radius 1 is 0.952 bits per heavy atom. The average molecular weight is 294 g/mol. The number of nitrogens with zero attached hydrogens (tertiary/aromatic N) is 3. The lowest BCUT2D eigenvalue weighted by atomic mass is 10.3. The van der Waals surface area contributed by atoms with E-state index in [1.807, 2.05) is 36.4 Å². The van der Waals surface area contributed by atoms with Crippen LogP contribution < -0.4 is 16.0 Å². The third-order valence-corrected chi connectivity index (χ3v) is 2.95. The van der Waals surface area contributed by atoms with Crippen LogP contribution in [0.15, 0.2) is 69.6 Å². The van der Waals surface area contributed by atoms with Gasteiger partial charge in [-0.25, -0.2) is 9.98 Å². The van der Waals surface area contributed by atoms with Crippen LogP contribution in [0.5, 0.6) is 0 Å². The van der Waals surface area contributed by atoms with Gasteiger partial charge in [-0.1, -0.05) is 30.3 Å². The van der Waals surface area contributed by atoms with Crippen molar-refractivity contribution in [2.24, 2.45) is 15.0 Å². The number of anilines is 1. The van der Waals surface area contributed by atoms with Gasteiger partial charge in [0.15, 0.2) is 5.11 Å². The third-order valence-electron chi connectivity index (χ3n) is 2.75. The van der Waals surface area contributed by atoms with Crippen molar-refractivity contribution in [3.63, 3.8) is 0 Å². The zero-order valence-corrected chi connectivity index (χ0v) is 11.7. The number of nitrogens with one attached hydrogen (secondary N) is 1. The second-order valence-corrected chi connectivity index (χ2v) is 4.64. The van der Waals surface area contributed by atoms with Gasteiger partial charge < -0.3 is 5.32 Å². The molecule has 0 atom stereocenters. The monoisotopic (exact) mass is 294 g/mol. The molecule has 2 aromatic carbocycles. The third kappa shape index (κ3) is 3.06. The largest absolute Gasteiger partial charge is 0.331 e. The number of amidine groups is 1. The molecule has 1 N–H and O–H groups in total. The maximum atomic E-state index is 11.9. The predicted octanol–water partition coefficient (Wildman–Crippen LogP) is 1.26. The molecule has 0 fully saturated rings. The molecular formula is C15H10N4OS. The zero-order valence-electron chi connectivity index (χ0n) is 10.9. The van der Waals surface area contributed by atoms with Crippen LogP contribution in [-0.4, -0.2) is 16.9 Å². The Morgan fingerprint density at radius 3 is 2.29 bits per heavy atom. The Morgan fingerprint density at radius 2 is 1.57 bits per heavy atom. The number of rotatable bonds is 1. The summed E-state index contributed by atoms with van der Waals surface area (Å²) in [7, 11) is 0. The van der Waals surface area contributed by atoms with E-state index >= 15 is 0 Å². The summed E-state index contributed by atoms with van der Waals surface area (Å²) in [5.41, 5.74) is 0.799. The van der Waals surface area contributed by atoms with Crippen LogP contribution in [0, 0.1) is 0 Å². The standard InChI is InChI=1S/C15H10N4OS/c20-14-13(17-11-8-4-5-9-12(11)18-14)19-15(21)16-10-6-2-1-3-7-10/h1-9H,(H,16,21)/b19-13-. The van der Waals surface area contributed by atoms with E-state index in [4.69, 9.17) is 12.2 Å². The Balaban J connectivity index is 1.89. The van der Waals surface area contributed by atoms with E-state index in [-0.39, 0.29) is 10.9 Å². The van der Waals surface area contributed by atoms with E-state index in [0.29, 0.717) is 10.7 Å². The van der Waals surface area contributed by atoms with Gasteiger partial charge in [0, 0.05) is 5.69 Å². The second-order valence-electron chi connectivity index (χ2n) is 4.25. The number of fused-ring (bicyclic) bond motifs is 1. The topological polar surface area (TPSA) is 66.2 Å². The minimum atomic E-state index is -0.495. The molecule has 0 saturated carbocycles. The molecule has 1 heterocycles. The van der Waals surface area contributed by atoms with Gasteiger partial charge in [0.25, 0.3) is 0 Å². The van der Waals surface area contributed by atoms with Crippen LogP contribution in [0.25, 0.3) is 0 Å². The summed E-state index contributed by atoms with van der Waals surface area (Å²) in [4.78, 5) is 24.0. The highest BCUT2D eigenvalue weighted by atomic mass is 32.1. The summed E-state index contributed by atoms with van der Waals surface area (Å²) in [6.07, 6.45) is 0. The number of hydrogen-bond donors (Lipinski definition) is 1. The summed E-state index contributed by atoms with van der Waals surface area (Å²) in [6, 6.07) is 16.5. The first kappa shape index (κ1) is 13.3. The first-order valence-electron chi connectivity index (χ1n) is 6.24. The van der Waals surface area contributed by atoms with Gasteiger partial charge in [-0.2, -0.15) is 4.99 Å². The van der Waals surface area contributed by atoms with Gasteiger partial charge in [-0.05, 0) is 36.5 Å². The van der Waals surface area contributed by atoms with Crippen LogP contribution in [0.3, 0.4) is 0 Å². The Kier molecular flexibility index (Phi) is 3.61. The van der Waals surface area contributed by atoms with Crippen LogP contribution in [0.2, 0.25) is 0 Å². The maximum Gasteiger partial charge on any atom is 0.315 e. The highest BCUT2D eigenvalue weighted by Gasteiger charge is 2.14. The molecule has 0 unspecified atom stereocenters. The molecule has 102 valence electrons. The highest BCUT2D eigenvalue weighted by Crippen LogP contribution is 2.05. The van der Waals surface area contributed by atoms with Crippen molar-refractivity contribution < 1.29 is 4.79 Å². The van der Waals surface area contributed by atoms with Gasteiger partial charge in [0.05, 0.1) is 10.7 Å². The van der Waals surface area contributed by atoms with Gasteiger partial charge in [0.2, 0.25) is 5.84 Å². The summed E-state index contributed by atoms with van der Waals surface area (Å²) >= 11 is 5.12. The lowest BCUT2D eigenvalue weighted by Crippen LogP contribution is -2.34. The highest BCUT2D eigenvalue weighted by molar-refractivity contribution is 7.80. The number of aliphatic imine (C=N–C) groups is 1. The minimum Gasteiger partial charge on any atom is -0.331 e. The van der Waals surface area contributed by atoms with E-state index in [1.54, 1.807) is 18.2 Å². The number of hydrogen-bond acceptors (Lipinski definition) is 2. The fourth-order valence-corrected chi connectivity index (χ4v) is 2.02. The lowest BCUT2D eigenvalue weighted by Gasteiger charge is -2.05. The van der Waals surface area contributed by atoms with Crippen molar-refractivity contribution in [1.82, 2.24) is 0 Å². The maximum absolute atomic E-state index is 11.9. The molecule has 3 rings (SSSR count). The van der Waals surface area contributed by atoms with Crippen molar-refractivity contribution in [2.75, 3.05) is 5.32 Å². The minimum absolute atomic E-state index is 0.0119. The van der Waals surface area contributed by atoms with Crippen molar-refractivity contribution in [2.45, 2.75) is 0 Å². The molecule has 0 bridgehead atoms. The number of amides is 1. The molecule has 1 amide bonds. The van der Waals surface area contributed by atoms with Crippen LogP contribution in [0.1, 0.15) is 0 Å². The van der Waals surface area contributed by atoms with Gasteiger partial charge >= 0.3 is 5.91 Å². The molecule has 0 saturated heterocycles. The van der Waals surface area contributed by atoms with Gasteiger partial charge in [-0.3, -0.25) is 4.79 Å². The number of thiocarbonyl (C=S) groups is 1. The van der Waals surface area contributed by atoms with E-state index in [2.05, 4.69) is 20.3 Å². The fourth-order valence-electron chi connectivity index (χ4n) is 1.82. The Hall–Kier alpha value is -2.73. The summed E-state index contributed by atoms with van der Waals surface area (Å²) < 4.78 is 0. The Labute approximate surface area is 125 Å². The van der Waals surface area contributed by atoms with E-state index < -0.39 is 5.91 Å². The van der Waals surface area contributed by atoms with Crippen LogP contribution in [0.4, 0.5) is 5.69 Å². The first-order chi connectivity index (χ1) is 10.2. The SMILES string of the molecule is O=C1N=c2ccccc2=N/C1=N\C(=S)Nc1ccccc1. The molecule has 1 aliphatic rings. The second kappa shape index (κ2) is 5.72. The molecule has 5 nitrogen and oxygen atoms in total. The molecule has 6 heteroatoms. The normalized spacial score (nSPS) is 14.9. The Bertz CT molecular complexity index is 859. The smallest absolute Gasteiger partial charge is 0.315 e. The van der Waals surface area contributed by atoms with Gasteiger partial charge in [0.1, 0.15) is 0 Å². The molecule has 1 aliphatic heterocycles. The number of para-hydroxylation sites is 3. The molecule has 0 spiro atoms. The summed E-state index contributed by atoms with van der Waals surface area (Å²) in [6.45, 7) is 0. The molecule has 21 heavy (non-hydrogen) atoms. The molecule has 2 aromatic rings. The van der Waals surface area contributed by atoms with Crippen LogP contribution in [-0.2, 0) is 4.79 Å². The van der Waals surface area contributed by atoms with Crippen molar-refractivity contribution in [1.29, 1.82) is 0 Å². The number of benzene rings is 2. The lowest BCUT2D eigenvalue weighted by molar-refractivity contribution is -0.112. The quantitative estimate of drug-likeness (QED) is 0.805. The summed E-state index contributed by atoms with van der Waals surface area (Å²) in [5.74, 6) is -0.506. The summed E-state index contributed by atoms with van der Waals surface area (Å²) in [5, 5.41) is 4.25. The van der Waals surface area contributed by atoms with Crippen LogP contribution >= 0.6 is 12.2 Å². The van der Waals surface area contributed by atoms with E-state index in [9.17, 15) is 4.79 Å². The number of carbonyl (C=O) groups is 1. The van der Waals surface area contributed by atoms with Crippen molar-refractivity contribution in [3.05, 3.63) is 65.3 Å². The van der Waals surface area contributed by atoms with E-state index in [1.165, 1.54) is 0 Å². The fraction of sp³-hybridized carbons (Fsp3) is 0. The van der Waals surface area contributed by atoms with Gasteiger partial charge in [-0.15, -0.1) is 0 Å².